The Balaban J connectivity index is 1.66. The quantitative estimate of drug-likeness (QED) is 0.773. The summed E-state index contributed by atoms with van der Waals surface area (Å²) in [6.45, 7) is 0. The molecular weight excluding hydrogens is 256 g/mol. The average Bonchev–Trinajstić information content (AvgIpc) is 2.49. The molecule has 0 N–H and O–H groups in total. The largest absolute Gasteiger partial charge is 0.297 e. The van der Waals surface area contributed by atoms with Gasteiger partial charge in [-0.3, -0.25) is 9.88 Å². The lowest BCUT2D eigenvalue weighted by Gasteiger charge is -2.42. The third-order valence-corrected chi connectivity index (χ3v) is 5.20. The summed E-state index contributed by atoms with van der Waals surface area (Å²) in [5, 5.41) is 1.25. The molecular formula is C19H22N2. The summed E-state index contributed by atoms with van der Waals surface area (Å²) in [4.78, 5) is 7.17. The minimum Gasteiger partial charge on any atom is -0.297 e. The van der Waals surface area contributed by atoms with Gasteiger partial charge in [0.25, 0.3) is 0 Å². The number of hydrogen-bond donors (Lipinski definition) is 0. The fraction of sp³-hybridized carbons (Fsp3) is 0.421. The Morgan fingerprint density at radius 3 is 3.00 bits per heavy atom. The van der Waals surface area contributed by atoms with Crippen LogP contribution in [0.5, 0.6) is 0 Å². The van der Waals surface area contributed by atoms with E-state index in [0.29, 0.717) is 6.04 Å². The van der Waals surface area contributed by atoms with Gasteiger partial charge in [-0.05, 0) is 44.4 Å². The van der Waals surface area contributed by atoms with Gasteiger partial charge in [0.2, 0.25) is 0 Å². The Kier molecular flexibility index (Phi) is 3.27. The van der Waals surface area contributed by atoms with E-state index in [0.717, 1.165) is 12.5 Å². The molecule has 3 heterocycles. The second-order valence-corrected chi connectivity index (χ2v) is 6.52. The van der Waals surface area contributed by atoms with Crippen LogP contribution < -0.4 is 0 Å². The molecule has 2 aliphatic heterocycles. The molecule has 108 valence electrons. The van der Waals surface area contributed by atoms with Crippen LogP contribution in [0.4, 0.5) is 0 Å². The minimum absolute atomic E-state index is 0.662. The number of hydrogen-bond acceptors (Lipinski definition) is 2. The topological polar surface area (TPSA) is 16.1 Å². The van der Waals surface area contributed by atoms with E-state index in [9.17, 15) is 0 Å². The molecule has 1 aromatic carbocycles. The number of pyridine rings is 1. The van der Waals surface area contributed by atoms with Crippen LogP contribution in [-0.2, 0) is 6.42 Å². The van der Waals surface area contributed by atoms with Crippen molar-refractivity contribution >= 4 is 10.9 Å². The lowest BCUT2D eigenvalue weighted by molar-refractivity contribution is 0.129. The van der Waals surface area contributed by atoms with E-state index >= 15 is 0 Å². The highest BCUT2D eigenvalue weighted by Gasteiger charge is 2.30. The molecule has 0 spiro atoms. The van der Waals surface area contributed by atoms with Crippen molar-refractivity contribution in [2.75, 3.05) is 7.05 Å². The van der Waals surface area contributed by atoms with E-state index in [2.05, 4.69) is 47.3 Å². The van der Waals surface area contributed by atoms with Crippen molar-refractivity contribution < 1.29 is 0 Å². The summed E-state index contributed by atoms with van der Waals surface area (Å²) in [6, 6.07) is 12.2. The molecule has 0 radical (unpaired) electrons. The molecule has 1 aromatic heterocycles. The van der Waals surface area contributed by atoms with Crippen LogP contribution >= 0.6 is 0 Å². The first-order valence-electron chi connectivity index (χ1n) is 8.05. The molecule has 2 heteroatoms. The van der Waals surface area contributed by atoms with Crippen LogP contribution in [-0.4, -0.2) is 29.0 Å². The molecule has 2 aliphatic rings. The van der Waals surface area contributed by atoms with Gasteiger partial charge >= 0.3 is 0 Å². The first-order valence-corrected chi connectivity index (χ1v) is 8.05. The number of para-hydroxylation sites is 1. The number of rotatable bonds is 2. The summed E-state index contributed by atoms with van der Waals surface area (Å²) >= 11 is 0. The van der Waals surface area contributed by atoms with Gasteiger partial charge in [-0.1, -0.05) is 42.3 Å². The first kappa shape index (κ1) is 13.0. The minimum atomic E-state index is 0.662. The van der Waals surface area contributed by atoms with Crippen LogP contribution in [0.3, 0.4) is 0 Å². The summed E-state index contributed by atoms with van der Waals surface area (Å²) < 4.78 is 0. The molecule has 2 aromatic rings. The Hall–Kier alpha value is -1.67. The molecule has 0 saturated carbocycles. The number of aromatic nitrogens is 1. The van der Waals surface area contributed by atoms with Gasteiger partial charge in [-0.25, -0.2) is 0 Å². The van der Waals surface area contributed by atoms with Crippen LogP contribution in [0.15, 0.2) is 48.2 Å². The van der Waals surface area contributed by atoms with E-state index in [1.807, 2.05) is 12.3 Å². The second-order valence-electron chi connectivity index (χ2n) is 6.52. The Morgan fingerprint density at radius 1 is 1.19 bits per heavy atom. The molecule has 2 nitrogen and oxygen atoms in total. The predicted molar refractivity (Wildman–Crippen MR) is 87.3 cm³/mol. The van der Waals surface area contributed by atoms with Crippen molar-refractivity contribution in [2.45, 2.75) is 44.2 Å². The van der Waals surface area contributed by atoms with E-state index in [4.69, 9.17) is 0 Å². The highest BCUT2D eigenvalue weighted by molar-refractivity contribution is 5.81. The van der Waals surface area contributed by atoms with Gasteiger partial charge in [0, 0.05) is 23.7 Å². The molecule has 2 bridgehead atoms. The molecule has 0 amide bonds. The van der Waals surface area contributed by atoms with Crippen LogP contribution in [0.25, 0.3) is 10.9 Å². The second kappa shape index (κ2) is 5.27. The number of nitrogens with zero attached hydrogens (tertiary/aromatic N) is 2. The van der Waals surface area contributed by atoms with Crippen molar-refractivity contribution in [3.63, 3.8) is 0 Å². The SMILES string of the molecule is CN1C2C=C(Cc3cccc4cccnc34)CC1CCC2. The van der Waals surface area contributed by atoms with E-state index in [1.54, 1.807) is 5.57 Å². The number of benzene rings is 1. The zero-order chi connectivity index (χ0) is 14.2. The standard InChI is InChI=1S/C19H22N2/c1-21-17-8-3-9-18(21)13-14(12-17)11-16-6-2-5-15-7-4-10-20-19(15)16/h2,4-7,10,12,17-18H,3,8-9,11,13H2,1H3. The molecule has 1 fully saturated rings. The van der Waals surface area contributed by atoms with Crippen molar-refractivity contribution in [2.24, 2.45) is 0 Å². The lowest BCUT2D eigenvalue weighted by Crippen LogP contribution is -2.46. The maximum Gasteiger partial charge on any atom is 0.0737 e. The predicted octanol–water partition coefficient (Wildman–Crippen LogP) is 3.96. The fourth-order valence-electron chi connectivity index (χ4n) is 4.02. The van der Waals surface area contributed by atoms with Gasteiger partial charge in [-0.2, -0.15) is 0 Å². The zero-order valence-electron chi connectivity index (χ0n) is 12.6. The highest BCUT2D eigenvalue weighted by atomic mass is 15.2. The van der Waals surface area contributed by atoms with Crippen molar-refractivity contribution in [3.8, 4) is 0 Å². The molecule has 4 rings (SSSR count). The molecule has 2 atom stereocenters. The number of likely N-dealkylation sites (N-methyl/N-ethyl adjacent to an activating group) is 1. The molecule has 21 heavy (non-hydrogen) atoms. The van der Waals surface area contributed by atoms with Crippen molar-refractivity contribution in [3.05, 3.63) is 53.7 Å². The average molecular weight is 278 g/mol. The molecule has 0 aliphatic carbocycles. The Bertz CT molecular complexity index is 684. The maximum atomic E-state index is 4.60. The van der Waals surface area contributed by atoms with Crippen LogP contribution in [0, 0.1) is 0 Å². The van der Waals surface area contributed by atoms with Gasteiger partial charge in [0.1, 0.15) is 0 Å². The molecule has 2 unspecified atom stereocenters. The van der Waals surface area contributed by atoms with Crippen molar-refractivity contribution in [1.29, 1.82) is 0 Å². The fourth-order valence-corrected chi connectivity index (χ4v) is 4.02. The first-order chi connectivity index (χ1) is 10.3. The normalized spacial score (nSPS) is 25.9. The van der Waals surface area contributed by atoms with Gasteiger partial charge in [-0.15, -0.1) is 0 Å². The van der Waals surface area contributed by atoms with Gasteiger partial charge in [0.15, 0.2) is 0 Å². The third-order valence-electron chi connectivity index (χ3n) is 5.20. The Morgan fingerprint density at radius 2 is 2.10 bits per heavy atom. The van der Waals surface area contributed by atoms with Crippen molar-refractivity contribution in [1.82, 2.24) is 9.88 Å². The van der Waals surface area contributed by atoms with Gasteiger partial charge in [0.05, 0.1) is 5.52 Å². The van der Waals surface area contributed by atoms with E-state index in [-0.39, 0.29) is 0 Å². The van der Waals surface area contributed by atoms with Crippen LogP contribution in [0.1, 0.15) is 31.2 Å². The molecule has 1 saturated heterocycles. The number of piperidine rings is 1. The summed E-state index contributed by atoms with van der Waals surface area (Å²) in [6.07, 6.45) is 10.8. The monoisotopic (exact) mass is 278 g/mol. The summed E-state index contributed by atoms with van der Waals surface area (Å²) in [5.41, 5.74) is 4.16. The number of fused-ring (bicyclic) bond motifs is 3. The summed E-state index contributed by atoms with van der Waals surface area (Å²) in [5.74, 6) is 0. The zero-order valence-corrected chi connectivity index (χ0v) is 12.6. The van der Waals surface area contributed by atoms with Gasteiger partial charge < -0.3 is 0 Å². The Labute approximate surface area is 126 Å². The lowest BCUT2D eigenvalue weighted by atomic mass is 9.83. The smallest absolute Gasteiger partial charge is 0.0737 e. The highest BCUT2D eigenvalue weighted by Crippen LogP contribution is 2.33. The van der Waals surface area contributed by atoms with Crippen LogP contribution in [0.2, 0.25) is 0 Å². The van der Waals surface area contributed by atoms with E-state index in [1.165, 1.54) is 42.1 Å². The summed E-state index contributed by atoms with van der Waals surface area (Å²) in [7, 11) is 2.29. The maximum absolute atomic E-state index is 4.60. The van der Waals surface area contributed by atoms with E-state index < -0.39 is 0 Å². The third kappa shape index (κ3) is 2.38.